The minimum Gasteiger partial charge on any atom is -0.208 e. The molecule has 1 rings (SSSR count). The van der Waals surface area contributed by atoms with Gasteiger partial charge in [-0.05, 0) is 31.0 Å². The summed E-state index contributed by atoms with van der Waals surface area (Å²) in [7, 11) is -3.49. The van der Waals surface area contributed by atoms with Crippen LogP contribution in [0.2, 0.25) is 5.02 Å². The Morgan fingerprint density at radius 1 is 1.41 bits per heavy atom. The molecule has 0 aliphatic carbocycles. The predicted molar refractivity (Wildman–Crippen MR) is 74.2 cm³/mol. The third-order valence-electron chi connectivity index (χ3n) is 2.54. The summed E-state index contributed by atoms with van der Waals surface area (Å²) in [4.78, 5) is 0.193. The molecule has 1 aromatic carbocycles. The molecule has 6 heteroatoms. The number of nitrogens with one attached hydrogen (secondary N) is 1. The molecular weight excluding hydrogens is 326 g/mol. The number of halogens is 2. The number of benzene rings is 1. The lowest BCUT2D eigenvalue weighted by Crippen LogP contribution is -2.37. The Morgan fingerprint density at radius 2 is 2.06 bits per heavy atom. The Balaban J connectivity index is 2.89. The molecule has 0 aliphatic rings. The van der Waals surface area contributed by atoms with Gasteiger partial charge < -0.3 is 0 Å². The quantitative estimate of drug-likeness (QED) is 0.837. The smallest absolute Gasteiger partial charge is 0.208 e. The summed E-state index contributed by atoms with van der Waals surface area (Å²) in [6, 6.07) is 6.09. The van der Waals surface area contributed by atoms with Crippen LogP contribution >= 0.6 is 27.5 Å². The fourth-order valence-electron chi connectivity index (χ4n) is 1.20. The van der Waals surface area contributed by atoms with Gasteiger partial charge in [0.2, 0.25) is 10.0 Å². The summed E-state index contributed by atoms with van der Waals surface area (Å²) >= 11 is 9.11. The van der Waals surface area contributed by atoms with Crippen molar-refractivity contribution in [2.24, 2.45) is 5.92 Å². The van der Waals surface area contributed by atoms with Crippen LogP contribution in [0.4, 0.5) is 0 Å². The molecule has 2 atom stereocenters. The minimum atomic E-state index is -3.49. The zero-order valence-electron chi connectivity index (χ0n) is 9.65. The summed E-state index contributed by atoms with van der Waals surface area (Å²) in [6.07, 6.45) is 0. The standard InChI is InChI=1S/C11H15BrClNO2S/c1-8(7-12)9(2)14-17(15,16)11-5-3-4-10(13)6-11/h3-6,8-9,14H,7H2,1-2H3. The van der Waals surface area contributed by atoms with E-state index in [1.807, 2.05) is 13.8 Å². The molecule has 0 heterocycles. The Bertz CT molecular complexity index is 478. The van der Waals surface area contributed by atoms with Gasteiger partial charge in [-0.25, -0.2) is 13.1 Å². The maximum atomic E-state index is 12.0. The highest BCUT2D eigenvalue weighted by molar-refractivity contribution is 9.09. The fraction of sp³-hybridized carbons (Fsp3) is 0.455. The Hall–Kier alpha value is -0.100. The van der Waals surface area contributed by atoms with Crippen LogP contribution in [0.1, 0.15) is 13.8 Å². The highest BCUT2D eigenvalue weighted by atomic mass is 79.9. The molecule has 17 heavy (non-hydrogen) atoms. The van der Waals surface area contributed by atoms with Gasteiger partial charge in [-0.15, -0.1) is 0 Å². The average Bonchev–Trinajstić information content (AvgIpc) is 2.27. The van der Waals surface area contributed by atoms with Crippen molar-refractivity contribution < 1.29 is 8.42 Å². The lowest BCUT2D eigenvalue weighted by atomic mass is 10.1. The van der Waals surface area contributed by atoms with Crippen molar-refractivity contribution in [2.75, 3.05) is 5.33 Å². The average molecular weight is 341 g/mol. The molecule has 1 N–H and O–H groups in total. The van der Waals surface area contributed by atoms with Crippen molar-refractivity contribution in [1.29, 1.82) is 0 Å². The van der Waals surface area contributed by atoms with Gasteiger partial charge in [-0.1, -0.05) is 40.5 Å². The molecule has 0 saturated carbocycles. The minimum absolute atomic E-state index is 0.140. The van der Waals surface area contributed by atoms with E-state index in [2.05, 4.69) is 20.7 Å². The van der Waals surface area contributed by atoms with Crippen LogP contribution in [0.25, 0.3) is 0 Å². The van der Waals surface area contributed by atoms with E-state index in [0.717, 1.165) is 5.33 Å². The van der Waals surface area contributed by atoms with Gasteiger partial charge in [0.1, 0.15) is 0 Å². The lowest BCUT2D eigenvalue weighted by Gasteiger charge is -2.19. The number of hydrogen-bond acceptors (Lipinski definition) is 2. The second-order valence-corrected chi connectivity index (χ2v) is 6.80. The molecule has 0 amide bonds. The van der Waals surface area contributed by atoms with E-state index in [1.165, 1.54) is 12.1 Å². The number of alkyl halides is 1. The van der Waals surface area contributed by atoms with E-state index in [-0.39, 0.29) is 16.9 Å². The van der Waals surface area contributed by atoms with Crippen LogP contribution in [0.15, 0.2) is 29.2 Å². The van der Waals surface area contributed by atoms with Gasteiger partial charge in [-0.2, -0.15) is 0 Å². The van der Waals surface area contributed by atoms with Crippen molar-refractivity contribution in [3.05, 3.63) is 29.3 Å². The maximum absolute atomic E-state index is 12.0. The number of hydrogen-bond donors (Lipinski definition) is 1. The van der Waals surface area contributed by atoms with Gasteiger partial charge in [0.15, 0.2) is 0 Å². The third-order valence-corrected chi connectivity index (χ3v) is 5.36. The van der Waals surface area contributed by atoms with Gasteiger partial charge in [-0.3, -0.25) is 0 Å². The topological polar surface area (TPSA) is 46.2 Å². The Morgan fingerprint density at radius 3 is 2.59 bits per heavy atom. The van der Waals surface area contributed by atoms with E-state index in [9.17, 15) is 8.42 Å². The normalized spacial score (nSPS) is 15.5. The van der Waals surface area contributed by atoms with Crippen LogP contribution in [-0.4, -0.2) is 19.8 Å². The SMILES string of the molecule is CC(CBr)C(C)NS(=O)(=O)c1cccc(Cl)c1. The van der Waals surface area contributed by atoms with Crippen LogP contribution in [0.5, 0.6) is 0 Å². The molecular formula is C11H15BrClNO2S. The molecule has 0 bridgehead atoms. The third kappa shape index (κ3) is 4.25. The van der Waals surface area contributed by atoms with Crippen molar-refractivity contribution in [3.8, 4) is 0 Å². The molecule has 0 fully saturated rings. The lowest BCUT2D eigenvalue weighted by molar-refractivity contribution is 0.484. The number of sulfonamides is 1. The van der Waals surface area contributed by atoms with Gasteiger partial charge in [0, 0.05) is 16.4 Å². The zero-order valence-corrected chi connectivity index (χ0v) is 12.8. The first-order chi connectivity index (χ1) is 7.86. The molecule has 0 aromatic heterocycles. The Kier molecular flexibility index (Phi) is 5.44. The van der Waals surface area contributed by atoms with E-state index < -0.39 is 10.0 Å². The summed E-state index contributed by atoms with van der Waals surface area (Å²) in [6.45, 7) is 3.81. The molecule has 96 valence electrons. The first-order valence-electron chi connectivity index (χ1n) is 5.20. The van der Waals surface area contributed by atoms with Crippen LogP contribution in [-0.2, 0) is 10.0 Å². The highest BCUT2D eigenvalue weighted by Gasteiger charge is 2.20. The van der Waals surface area contributed by atoms with Crippen molar-refractivity contribution in [1.82, 2.24) is 4.72 Å². The van der Waals surface area contributed by atoms with E-state index in [4.69, 9.17) is 11.6 Å². The summed E-state index contributed by atoms with van der Waals surface area (Å²) in [5.74, 6) is 0.212. The van der Waals surface area contributed by atoms with Crippen molar-refractivity contribution in [3.63, 3.8) is 0 Å². The molecule has 3 nitrogen and oxygen atoms in total. The van der Waals surface area contributed by atoms with E-state index in [1.54, 1.807) is 12.1 Å². The summed E-state index contributed by atoms with van der Waals surface area (Å²) < 4.78 is 26.7. The summed E-state index contributed by atoms with van der Waals surface area (Å²) in [5.41, 5.74) is 0. The maximum Gasteiger partial charge on any atom is 0.240 e. The largest absolute Gasteiger partial charge is 0.240 e. The van der Waals surface area contributed by atoms with Crippen molar-refractivity contribution in [2.45, 2.75) is 24.8 Å². The molecule has 2 unspecified atom stereocenters. The monoisotopic (exact) mass is 339 g/mol. The van der Waals surface area contributed by atoms with E-state index >= 15 is 0 Å². The van der Waals surface area contributed by atoms with Crippen molar-refractivity contribution >= 4 is 37.6 Å². The fourth-order valence-corrected chi connectivity index (χ4v) is 3.41. The van der Waals surface area contributed by atoms with Crippen LogP contribution in [0, 0.1) is 5.92 Å². The highest BCUT2D eigenvalue weighted by Crippen LogP contribution is 2.17. The first-order valence-corrected chi connectivity index (χ1v) is 8.19. The van der Waals surface area contributed by atoms with Gasteiger partial charge in [0.05, 0.1) is 4.90 Å². The molecule has 0 spiro atoms. The van der Waals surface area contributed by atoms with Crippen LogP contribution in [0.3, 0.4) is 0 Å². The molecule has 1 aromatic rings. The van der Waals surface area contributed by atoms with Gasteiger partial charge >= 0.3 is 0 Å². The Labute approximate surface area is 116 Å². The molecule has 0 aliphatic heterocycles. The second kappa shape index (κ2) is 6.18. The summed E-state index contributed by atoms with van der Waals surface area (Å²) in [5, 5.41) is 1.15. The van der Waals surface area contributed by atoms with Crippen LogP contribution < -0.4 is 4.72 Å². The number of rotatable bonds is 5. The second-order valence-electron chi connectivity index (χ2n) is 4.00. The zero-order chi connectivity index (χ0) is 13.1. The van der Waals surface area contributed by atoms with E-state index in [0.29, 0.717) is 5.02 Å². The molecule has 0 saturated heterocycles. The molecule has 0 radical (unpaired) electrons. The predicted octanol–water partition coefficient (Wildman–Crippen LogP) is 3.04. The van der Waals surface area contributed by atoms with Gasteiger partial charge in [0.25, 0.3) is 0 Å². The first kappa shape index (κ1) is 15.0.